The van der Waals surface area contributed by atoms with Crippen molar-refractivity contribution in [3.8, 4) is 22.8 Å². The molecule has 8 heteroatoms. The van der Waals surface area contributed by atoms with Gasteiger partial charge in [-0.2, -0.15) is 0 Å². The van der Waals surface area contributed by atoms with Crippen LogP contribution in [0.4, 0.5) is 0 Å². The largest absolute Gasteiger partial charge is 0.437 e. The highest BCUT2D eigenvalue weighted by atomic mass is 16.5. The van der Waals surface area contributed by atoms with Crippen LogP contribution in [0, 0.1) is 0 Å². The third-order valence-corrected chi connectivity index (χ3v) is 3.36. The van der Waals surface area contributed by atoms with E-state index in [1.807, 2.05) is 12.1 Å². The number of carbonyl (C=O) groups is 1. The molecule has 8 nitrogen and oxygen atoms in total. The summed E-state index contributed by atoms with van der Waals surface area (Å²) in [6.45, 7) is 0. The summed E-state index contributed by atoms with van der Waals surface area (Å²) < 4.78 is 5.49. The molecule has 1 heterocycles. The smallest absolute Gasteiger partial charge is 0.248 e. The van der Waals surface area contributed by atoms with Gasteiger partial charge in [0.15, 0.2) is 5.69 Å². The van der Waals surface area contributed by atoms with Gasteiger partial charge in [0.25, 0.3) is 0 Å². The van der Waals surface area contributed by atoms with Gasteiger partial charge < -0.3 is 20.7 Å². The summed E-state index contributed by atoms with van der Waals surface area (Å²) in [6.07, 6.45) is -1.78. The minimum absolute atomic E-state index is 0.0589. The number of aliphatic hydroxyl groups excluding tert-OH is 1. The van der Waals surface area contributed by atoms with Gasteiger partial charge in [-0.15, -0.1) is 5.10 Å². The second-order valence-electron chi connectivity index (χ2n) is 4.97. The number of aromatic nitrogens is 3. The van der Waals surface area contributed by atoms with E-state index in [0.29, 0.717) is 11.3 Å². The number of aliphatic hydroxyl groups is 2. The lowest BCUT2D eigenvalue weighted by molar-refractivity contribution is -0.0470. The van der Waals surface area contributed by atoms with Gasteiger partial charge in [-0.1, -0.05) is 29.5 Å². The zero-order chi connectivity index (χ0) is 17.1. The van der Waals surface area contributed by atoms with Crippen molar-refractivity contribution in [2.45, 2.75) is 6.29 Å². The number of primary amides is 1. The zero-order valence-electron chi connectivity index (χ0n) is 12.4. The van der Waals surface area contributed by atoms with Crippen molar-refractivity contribution in [1.82, 2.24) is 15.4 Å². The summed E-state index contributed by atoms with van der Waals surface area (Å²) in [5.41, 5.74) is 7.40. The summed E-state index contributed by atoms with van der Waals surface area (Å²) in [4.78, 5) is 11.1. The Bertz CT molecular complexity index is 841. The van der Waals surface area contributed by atoms with Crippen molar-refractivity contribution in [3.05, 3.63) is 59.8 Å². The first-order chi connectivity index (χ1) is 11.5. The Hall–Kier alpha value is -3.23. The van der Waals surface area contributed by atoms with Crippen molar-refractivity contribution < 1.29 is 19.7 Å². The molecule has 5 N–H and O–H groups in total. The van der Waals surface area contributed by atoms with Crippen molar-refractivity contribution >= 4 is 5.91 Å². The molecule has 2 aromatic carbocycles. The third kappa shape index (κ3) is 3.24. The lowest BCUT2D eigenvalue weighted by Gasteiger charge is -2.07. The topological polar surface area (TPSA) is 134 Å². The lowest BCUT2D eigenvalue weighted by Crippen LogP contribution is -2.10. The second kappa shape index (κ2) is 6.49. The fourth-order valence-electron chi connectivity index (χ4n) is 2.13. The molecule has 0 spiro atoms. The number of amides is 1. The molecule has 24 heavy (non-hydrogen) atoms. The first-order valence-corrected chi connectivity index (χ1v) is 7.00. The normalized spacial score (nSPS) is 10.8. The summed E-state index contributed by atoms with van der Waals surface area (Å²) in [6, 6.07) is 14.0. The molecular formula is C16H14N4O4. The van der Waals surface area contributed by atoms with Gasteiger partial charge in [0.05, 0.1) is 0 Å². The number of hydrogen-bond donors (Lipinski definition) is 4. The van der Waals surface area contributed by atoms with Crippen LogP contribution in [0.3, 0.4) is 0 Å². The average Bonchev–Trinajstić information content (AvgIpc) is 3.04. The second-order valence-corrected chi connectivity index (χ2v) is 4.97. The Kier molecular flexibility index (Phi) is 4.23. The average molecular weight is 326 g/mol. The molecule has 0 unspecified atom stereocenters. The Morgan fingerprint density at radius 1 is 1.04 bits per heavy atom. The molecule has 0 aliphatic rings. The Labute approximate surface area is 136 Å². The molecule has 0 atom stereocenters. The SMILES string of the molecule is NC(=O)c1ccc(-c2ccc(Oc3[nH]nnc3C(O)O)cc2)cc1. The minimum atomic E-state index is -1.78. The number of ether oxygens (including phenoxy) is 1. The number of carbonyl (C=O) groups excluding carboxylic acids is 1. The van der Waals surface area contributed by atoms with Crippen LogP contribution in [0.25, 0.3) is 11.1 Å². The molecule has 0 saturated heterocycles. The summed E-state index contributed by atoms with van der Waals surface area (Å²) in [5.74, 6) is 0.0596. The highest BCUT2D eigenvalue weighted by Crippen LogP contribution is 2.27. The number of nitrogens with one attached hydrogen (secondary N) is 1. The number of rotatable bonds is 5. The fraction of sp³-hybridized carbons (Fsp3) is 0.0625. The van der Waals surface area contributed by atoms with Gasteiger partial charge in [0.1, 0.15) is 5.75 Å². The van der Waals surface area contributed by atoms with E-state index >= 15 is 0 Å². The number of hydrogen-bond acceptors (Lipinski definition) is 6. The lowest BCUT2D eigenvalue weighted by atomic mass is 10.0. The van der Waals surface area contributed by atoms with E-state index in [1.54, 1.807) is 36.4 Å². The van der Waals surface area contributed by atoms with Crippen molar-refractivity contribution in [2.24, 2.45) is 5.73 Å². The maximum absolute atomic E-state index is 11.1. The zero-order valence-corrected chi connectivity index (χ0v) is 12.4. The maximum atomic E-state index is 11.1. The van der Waals surface area contributed by atoms with Crippen LogP contribution >= 0.6 is 0 Å². The predicted molar refractivity (Wildman–Crippen MR) is 84.0 cm³/mol. The van der Waals surface area contributed by atoms with Crippen LogP contribution in [-0.2, 0) is 0 Å². The fourth-order valence-corrected chi connectivity index (χ4v) is 2.13. The molecule has 0 bridgehead atoms. The molecule has 0 radical (unpaired) electrons. The van der Waals surface area contributed by atoms with E-state index in [1.165, 1.54) is 0 Å². The number of benzene rings is 2. The predicted octanol–water partition coefficient (Wildman–Crippen LogP) is 1.35. The van der Waals surface area contributed by atoms with Gasteiger partial charge in [0, 0.05) is 5.56 Å². The first kappa shape index (κ1) is 15.7. The van der Waals surface area contributed by atoms with Crippen LogP contribution in [-0.4, -0.2) is 31.5 Å². The number of nitrogens with zero attached hydrogens (tertiary/aromatic N) is 2. The highest BCUT2D eigenvalue weighted by Gasteiger charge is 2.16. The molecule has 0 aliphatic carbocycles. The van der Waals surface area contributed by atoms with Gasteiger partial charge >= 0.3 is 0 Å². The standard InChI is InChI=1S/C16H14N4O4/c17-14(21)11-3-1-9(2-4-11)10-5-7-12(8-6-10)24-15-13(16(22)23)18-20-19-15/h1-8,16,22-23H,(H2,17,21)(H,18,19,20). The molecule has 0 aliphatic heterocycles. The van der Waals surface area contributed by atoms with E-state index in [4.69, 9.17) is 20.7 Å². The minimum Gasteiger partial charge on any atom is -0.437 e. The van der Waals surface area contributed by atoms with E-state index in [2.05, 4.69) is 15.4 Å². The molecule has 1 amide bonds. The van der Waals surface area contributed by atoms with E-state index < -0.39 is 12.2 Å². The number of H-pyrrole nitrogens is 1. The summed E-state index contributed by atoms with van der Waals surface area (Å²) in [5, 5.41) is 27.7. The van der Waals surface area contributed by atoms with Crippen LogP contribution in [0.15, 0.2) is 48.5 Å². The summed E-state index contributed by atoms with van der Waals surface area (Å²) in [7, 11) is 0. The van der Waals surface area contributed by atoms with Crippen LogP contribution in [0.2, 0.25) is 0 Å². The molecule has 0 fully saturated rings. The van der Waals surface area contributed by atoms with Gasteiger partial charge in [-0.3, -0.25) is 4.79 Å². The maximum Gasteiger partial charge on any atom is 0.248 e. The van der Waals surface area contributed by atoms with Gasteiger partial charge in [0.2, 0.25) is 18.1 Å². The van der Waals surface area contributed by atoms with Gasteiger partial charge in [-0.05, 0) is 35.4 Å². The number of aromatic amines is 1. The van der Waals surface area contributed by atoms with Gasteiger partial charge in [-0.25, -0.2) is 5.10 Å². The third-order valence-electron chi connectivity index (χ3n) is 3.36. The monoisotopic (exact) mass is 326 g/mol. The molecule has 3 rings (SSSR count). The highest BCUT2D eigenvalue weighted by molar-refractivity contribution is 5.93. The quantitative estimate of drug-likeness (QED) is 0.523. The Balaban J connectivity index is 1.78. The summed E-state index contributed by atoms with van der Waals surface area (Å²) >= 11 is 0. The van der Waals surface area contributed by atoms with E-state index in [9.17, 15) is 4.79 Å². The van der Waals surface area contributed by atoms with E-state index in [0.717, 1.165) is 11.1 Å². The number of nitrogens with two attached hydrogens (primary N) is 1. The van der Waals surface area contributed by atoms with Crippen molar-refractivity contribution in [1.29, 1.82) is 0 Å². The Morgan fingerprint density at radius 2 is 1.62 bits per heavy atom. The molecule has 3 aromatic rings. The molecule has 122 valence electrons. The van der Waals surface area contributed by atoms with Crippen molar-refractivity contribution in [2.75, 3.05) is 0 Å². The van der Waals surface area contributed by atoms with Crippen LogP contribution in [0.1, 0.15) is 22.3 Å². The molecule has 0 saturated carbocycles. The molecular weight excluding hydrogens is 312 g/mol. The Morgan fingerprint density at radius 3 is 2.17 bits per heavy atom. The first-order valence-electron chi connectivity index (χ1n) is 7.00. The van der Waals surface area contributed by atoms with Crippen LogP contribution < -0.4 is 10.5 Å². The van der Waals surface area contributed by atoms with E-state index in [-0.39, 0.29) is 11.6 Å². The van der Waals surface area contributed by atoms with Crippen LogP contribution in [0.5, 0.6) is 11.6 Å². The molecule has 1 aromatic heterocycles. The van der Waals surface area contributed by atoms with Crippen molar-refractivity contribution in [3.63, 3.8) is 0 Å².